The molecule has 0 spiro atoms. The Balaban J connectivity index is 2.10. The van der Waals surface area contributed by atoms with E-state index >= 15 is 0 Å². The van der Waals surface area contributed by atoms with Gasteiger partial charge in [0.1, 0.15) is 18.4 Å². The first kappa shape index (κ1) is 17.3. The number of benzene rings is 1. The molecule has 2 rings (SSSR count). The van der Waals surface area contributed by atoms with E-state index in [0.717, 1.165) is 16.8 Å². The van der Waals surface area contributed by atoms with Gasteiger partial charge >= 0.3 is 6.09 Å². The third kappa shape index (κ3) is 4.22. The van der Waals surface area contributed by atoms with Crippen LogP contribution in [0.5, 0.6) is 0 Å². The van der Waals surface area contributed by atoms with Crippen LogP contribution in [0.1, 0.15) is 31.9 Å². The van der Waals surface area contributed by atoms with Crippen LogP contribution in [0.4, 0.5) is 10.5 Å². The summed E-state index contributed by atoms with van der Waals surface area (Å²) in [6.45, 7) is 9.43. The standard InChI is InChI=1S/C17H24N2O4/c1-11-7-6-8-12(2)14(11)18-15(20)13-9-22-10-19(13)16(21)23-17(3,4)5/h6-8,13H,9-10H2,1-5H3,(H,18,20)/t13-/m0/s1. The lowest BCUT2D eigenvalue weighted by atomic mass is 10.1. The lowest BCUT2D eigenvalue weighted by Gasteiger charge is -2.27. The summed E-state index contributed by atoms with van der Waals surface area (Å²) in [4.78, 5) is 26.1. The molecule has 2 amide bonds. The maximum absolute atomic E-state index is 12.6. The highest BCUT2D eigenvalue weighted by molar-refractivity contribution is 5.98. The minimum absolute atomic E-state index is 0.0553. The molecule has 23 heavy (non-hydrogen) atoms. The fraction of sp³-hybridized carbons (Fsp3) is 0.529. The van der Waals surface area contributed by atoms with Gasteiger partial charge in [-0.2, -0.15) is 0 Å². The highest BCUT2D eigenvalue weighted by Gasteiger charge is 2.37. The Hall–Kier alpha value is -2.08. The van der Waals surface area contributed by atoms with Gasteiger partial charge in [-0.1, -0.05) is 18.2 Å². The predicted octanol–water partition coefficient (Wildman–Crippen LogP) is 2.84. The molecule has 1 aliphatic heterocycles. The molecule has 1 heterocycles. The van der Waals surface area contributed by atoms with E-state index in [0.29, 0.717) is 0 Å². The number of hydrogen-bond donors (Lipinski definition) is 1. The maximum Gasteiger partial charge on any atom is 0.412 e. The minimum Gasteiger partial charge on any atom is -0.444 e. The Morgan fingerprint density at radius 2 is 1.87 bits per heavy atom. The molecule has 6 heteroatoms. The van der Waals surface area contributed by atoms with E-state index in [1.54, 1.807) is 20.8 Å². The molecule has 0 saturated carbocycles. The van der Waals surface area contributed by atoms with E-state index in [9.17, 15) is 9.59 Å². The van der Waals surface area contributed by atoms with Crippen molar-refractivity contribution in [2.24, 2.45) is 0 Å². The SMILES string of the molecule is Cc1cccc(C)c1NC(=O)[C@@H]1COCN1C(=O)OC(C)(C)C. The molecule has 1 atom stereocenters. The number of hydrogen-bond acceptors (Lipinski definition) is 4. The Bertz CT molecular complexity index is 587. The zero-order valence-electron chi connectivity index (χ0n) is 14.3. The van der Waals surface area contributed by atoms with Gasteiger partial charge in [-0.3, -0.25) is 9.69 Å². The van der Waals surface area contributed by atoms with Gasteiger partial charge in [0.25, 0.3) is 0 Å². The van der Waals surface area contributed by atoms with Crippen LogP contribution in [0, 0.1) is 13.8 Å². The van der Waals surface area contributed by atoms with Gasteiger partial charge in [-0.15, -0.1) is 0 Å². The summed E-state index contributed by atoms with van der Waals surface area (Å²) in [7, 11) is 0. The molecule has 0 aromatic heterocycles. The highest BCUT2D eigenvalue weighted by atomic mass is 16.6. The number of amides is 2. The first-order valence-corrected chi connectivity index (χ1v) is 7.63. The van der Waals surface area contributed by atoms with Gasteiger partial charge < -0.3 is 14.8 Å². The molecule has 1 saturated heterocycles. The van der Waals surface area contributed by atoms with Crippen molar-refractivity contribution in [1.82, 2.24) is 4.90 Å². The van der Waals surface area contributed by atoms with Crippen molar-refractivity contribution in [1.29, 1.82) is 0 Å². The Labute approximate surface area is 136 Å². The molecule has 0 bridgehead atoms. The molecule has 126 valence electrons. The normalized spacial score (nSPS) is 18.0. The van der Waals surface area contributed by atoms with Crippen LogP contribution in [0.2, 0.25) is 0 Å². The Kier molecular flexibility index (Phi) is 4.94. The van der Waals surface area contributed by atoms with Crippen molar-refractivity contribution >= 4 is 17.7 Å². The van der Waals surface area contributed by atoms with Gasteiger partial charge in [-0.25, -0.2) is 4.79 Å². The molecular weight excluding hydrogens is 296 g/mol. The van der Waals surface area contributed by atoms with Crippen LogP contribution in [-0.4, -0.2) is 41.9 Å². The van der Waals surface area contributed by atoms with Crippen molar-refractivity contribution in [2.75, 3.05) is 18.7 Å². The zero-order chi connectivity index (χ0) is 17.2. The summed E-state index contributed by atoms with van der Waals surface area (Å²) in [6, 6.07) is 5.11. The van der Waals surface area contributed by atoms with Gasteiger partial charge in [0.15, 0.2) is 0 Å². The molecule has 1 N–H and O–H groups in total. The number of aryl methyl sites for hydroxylation is 2. The summed E-state index contributed by atoms with van der Waals surface area (Å²) < 4.78 is 10.6. The summed E-state index contributed by atoms with van der Waals surface area (Å²) >= 11 is 0. The van der Waals surface area contributed by atoms with Gasteiger partial charge in [0, 0.05) is 5.69 Å². The quantitative estimate of drug-likeness (QED) is 0.910. The van der Waals surface area contributed by atoms with Crippen molar-refractivity contribution in [3.63, 3.8) is 0 Å². The molecule has 1 aliphatic rings. The third-order valence-corrected chi connectivity index (χ3v) is 3.54. The summed E-state index contributed by atoms with van der Waals surface area (Å²) in [5.74, 6) is -0.272. The molecule has 0 aliphatic carbocycles. The minimum atomic E-state index is -0.691. The fourth-order valence-corrected chi connectivity index (χ4v) is 2.38. The molecule has 1 aromatic carbocycles. The number of carbonyl (C=O) groups excluding carboxylic acids is 2. The predicted molar refractivity (Wildman–Crippen MR) is 87.2 cm³/mol. The number of carbonyl (C=O) groups is 2. The van der Waals surface area contributed by atoms with E-state index < -0.39 is 17.7 Å². The van der Waals surface area contributed by atoms with Crippen LogP contribution >= 0.6 is 0 Å². The summed E-state index contributed by atoms with van der Waals surface area (Å²) in [5.41, 5.74) is 2.10. The lowest BCUT2D eigenvalue weighted by molar-refractivity contribution is -0.120. The van der Waals surface area contributed by atoms with Crippen LogP contribution < -0.4 is 5.32 Å². The summed E-state index contributed by atoms with van der Waals surface area (Å²) in [6.07, 6.45) is -0.545. The van der Waals surface area contributed by atoms with Gasteiger partial charge in [-0.05, 0) is 45.7 Å². The maximum atomic E-state index is 12.6. The number of para-hydroxylation sites is 1. The third-order valence-electron chi connectivity index (χ3n) is 3.54. The first-order chi connectivity index (χ1) is 10.7. The van der Waals surface area contributed by atoms with E-state index in [4.69, 9.17) is 9.47 Å². The number of rotatable bonds is 2. The lowest BCUT2D eigenvalue weighted by Crippen LogP contribution is -2.46. The highest BCUT2D eigenvalue weighted by Crippen LogP contribution is 2.22. The Morgan fingerprint density at radius 3 is 2.43 bits per heavy atom. The number of ether oxygens (including phenoxy) is 2. The Morgan fingerprint density at radius 1 is 1.26 bits per heavy atom. The second kappa shape index (κ2) is 6.58. The average Bonchev–Trinajstić information content (AvgIpc) is 2.90. The van der Waals surface area contributed by atoms with Crippen molar-refractivity contribution in [2.45, 2.75) is 46.3 Å². The second-order valence-electron chi connectivity index (χ2n) is 6.72. The van der Waals surface area contributed by atoms with E-state index in [1.165, 1.54) is 4.90 Å². The van der Waals surface area contributed by atoms with E-state index in [1.807, 2.05) is 32.0 Å². The first-order valence-electron chi connectivity index (χ1n) is 7.63. The van der Waals surface area contributed by atoms with Crippen LogP contribution in [-0.2, 0) is 14.3 Å². The molecular formula is C17H24N2O4. The number of nitrogens with one attached hydrogen (secondary N) is 1. The molecule has 1 aromatic rings. The zero-order valence-corrected chi connectivity index (χ0v) is 14.3. The van der Waals surface area contributed by atoms with Crippen LogP contribution in [0.25, 0.3) is 0 Å². The van der Waals surface area contributed by atoms with Crippen molar-refractivity contribution in [3.8, 4) is 0 Å². The number of anilines is 1. The summed E-state index contributed by atoms with van der Waals surface area (Å²) in [5, 5.41) is 2.90. The van der Waals surface area contributed by atoms with Crippen molar-refractivity contribution in [3.05, 3.63) is 29.3 Å². The average molecular weight is 320 g/mol. The van der Waals surface area contributed by atoms with E-state index in [2.05, 4.69) is 5.32 Å². The molecule has 6 nitrogen and oxygen atoms in total. The molecule has 0 radical (unpaired) electrons. The largest absolute Gasteiger partial charge is 0.444 e. The number of nitrogens with zero attached hydrogens (tertiary/aromatic N) is 1. The van der Waals surface area contributed by atoms with Gasteiger partial charge in [0.2, 0.25) is 5.91 Å². The second-order valence-corrected chi connectivity index (χ2v) is 6.72. The topological polar surface area (TPSA) is 67.9 Å². The van der Waals surface area contributed by atoms with Crippen LogP contribution in [0.3, 0.4) is 0 Å². The van der Waals surface area contributed by atoms with Crippen molar-refractivity contribution < 1.29 is 19.1 Å². The molecule has 1 fully saturated rings. The van der Waals surface area contributed by atoms with Crippen LogP contribution in [0.15, 0.2) is 18.2 Å². The van der Waals surface area contributed by atoms with E-state index in [-0.39, 0.29) is 19.2 Å². The smallest absolute Gasteiger partial charge is 0.412 e. The molecule has 0 unspecified atom stereocenters. The fourth-order valence-electron chi connectivity index (χ4n) is 2.38. The van der Waals surface area contributed by atoms with Gasteiger partial charge in [0.05, 0.1) is 6.61 Å². The monoisotopic (exact) mass is 320 g/mol.